The Labute approximate surface area is 118 Å². The molecule has 0 bridgehead atoms. The standard InChI is InChI=1S/C12H13BrN4O2/c13-8-3-1-2-4-9(8)17-12(15)7(11(14)16-17)5-6-10(18)19/h1-4H,5-6,15H2,(H2,14,16)(H,18,19). The summed E-state index contributed by atoms with van der Waals surface area (Å²) in [4.78, 5) is 10.6. The van der Waals surface area contributed by atoms with Crippen molar-refractivity contribution in [3.05, 3.63) is 34.3 Å². The number of carboxylic acids is 1. The van der Waals surface area contributed by atoms with Gasteiger partial charge in [0.05, 0.1) is 5.69 Å². The van der Waals surface area contributed by atoms with Gasteiger partial charge >= 0.3 is 5.97 Å². The normalized spacial score (nSPS) is 10.6. The second kappa shape index (κ2) is 5.31. The van der Waals surface area contributed by atoms with Crippen molar-refractivity contribution in [2.75, 3.05) is 11.5 Å². The lowest BCUT2D eigenvalue weighted by atomic mass is 10.1. The molecular formula is C12H13BrN4O2. The van der Waals surface area contributed by atoms with Gasteiger partial charge in [-0.05, 0) is 34.5 Å². The molecule has 0 amide bonds. The molecule has 0 aliphatic heterocycles. The van der Waals surface area contributed by atoms with E-state index in [4.69, 9.17) is 16.6 Å². The van der Waals surface area contributed by atoms with Gasteiger partial charge in [-0.2, -0.15) is 0 Å². The van der Waals surface area contributed by atoms with Crippen LogP contribution >= 0.6 is 15.9 Å². The van der Waals surface area contributed by atoms with Gasteiger partial charge in [0, 0.05) is 16.5 Å². The first-order valence-electron chi connectivity index (χ1n) is 5.60. The van der Waals surface area contributed by atoms with Crippen LogP contribution in [-0.2, 0) is 11.2 Å². The summed E-state index contributed by atoms with van der Waals surface area (Å²) in [7, 11) is 0. The summed E-state index contributed by atoms with van der Waals surface area (Å²) in [5.74, 6) is -0.271. The zero-order chi connectivity index (χ0) is 14.0. The smallest absolute Gasteiger partial charge is 0.303 e. The van der Waals surface area contributed by atoms with Gasteiger partial charge in [-0.15, -0.1) is 5.10 Å². The van der Waals surface area contributed by atoms with Crippen molar-refractivity contribution in [3.8, 4) is 5.69 Å². The van der Waals surface area contributed by atoms with Gasteiger partial charge in [-0.3, -0.25) is 4.79 Å². The van der Waals surface area contributed by atoms with E-state index >= 15 is 0 Å². The lowest BCUT2D eigenvalue weighted by Gasteiger charge is -2.06. The van der Waals surface area contributed by atoms with E-state index in [1.165, 1.54) is 4.68 Å². The zero-order valence-corrected chi connectivity index (χ0v) is 11.6. The lowest BCUT2D eigenvalue weighted by molar-refractivity contribution is -0.136. The Kier molecular flexibility index (Phi) is 3.75. The number of para-hydroxylation sites is 1. The molecule has 0 fully saturated rings. The summed E-state index contributed by atoms with van der Waals surface area (Å²) >= 11 is 3.41. The summed E-state index contributed by atoms with van der Waals surface area (Å²) in [5.41, 5.74) is 13.1. The Bertz CT molecular complexity index is 624. The molecule has 1 heterocycles. The molecule has 0 saturated carbocycles. The highest BCUT2D eigenvalue weighted by Crippen LogP contribution is 2.28. The van der Waals surface area contributed by atoms with Gasteiger partial charge in [0.1, 0.15) is 5.82 Å². The monoisotopic (exact) mass is 324 g/mol. The Morgan fingerprint density at radius 2 is 2.05 bits per heavy atom. The molecule has 2 aromatic rings. The fourth-order valence-electron chi connectivity index (χ4n) is 1.78. The van der Waals surface area contributed by atoms with Crippen LogP contribution in [0.2, 0.25) is 0 Å². The second-order valence-electron chi connectivity index (χ2n) is 4.01. The molecule has 0 radical (unpaired) electrons. The zero-order valence-electron chi connectivity index (χ0n) is 10.0. The van der Waals surface area contributed by atoms with Crippen LogP contribution in [0.25, 0.3) is 5.69 Å². The van der Waals surface area contributed by atoms with Crippen LogP contribution in [-0.4, -0.2) is 20.9 Å². The number of aliphatic carboxylic acids is 1. The quantitative estimate of drug-likeness (QED) is 0.795. The van der Waals surface area contributed by atoms with Crippen molar-refractivity contribution < 1.29 is 9.90 Å². The molecule has 0 unspecified atom stereocenters. The molecule has 7 heteroatoms. The van der Waals surface area contributed by atoms with E-state index in [2.05, 4.69) is 21.0 Å². The molecule has 0 spiro atoms. The van der Waals surface area contributed by atoms with Crippen molar-refractivity contribution in [1.29, 1.82) is 0 Å². The van der Waals surface area contributed by atoms with E-state index in [1.54, 1.807) is 0 Å². The molecule has 1 aromatic heterocycles. The molecule has 1 aromatic carbocycles. The predicted molar refractivity (Wildman–Crippen MR) is 76.0 cm³/mol. The van der Waals surface area contributed by atoms with Gasteiger partial charge in [0.25, 0.3) is 0 Å². The van der Waals surface area contributed by atoms with Crippen molar-refractivity contribution >= 4 is 33.5 Å². The van der Waals surface area contributed by atoms with Crippen LogP contribution in [0.15, 0.2) is 28.7 Å². The van der Waals surface area contributed by atoms with Crippen molar-refractivity contribution in [2.24, 2.45) is 0 Å². The average molecular weight is 325 g/mol. The summed E-state index contributed by atoms with van der Waals surface area (Å²) in [6.45, 7) is 0. The molecular weight excluding hydrogens is 312 g/mol. The first-order chi connectivity index (χ1) is 9.00. The average Bonchev–Trinajstić information content (AvgIpc) is 2.63. The Balaban J connectivity index is 2.41. The van der Waals surface area contributed by atoms with E-state index in [9.17, 15) is 4.79 Å². The van der Waals surface area contributed by atoms with E-state index in [1.807, 2.05) is 24.3 Å². The highest BCUT2D eigenvalue weighted by molar-refractivity contribution is 9.10. The minimum atomic E-state index is -0.896. The first-order valence-corrected chi connectivity index (χ1v) is 6.39. The van der Waals surface area contributed by atoms with Gasteiger partial charge in [0.2, 0.25) is 0 Å². The van der Waals surface area contributed by atoms with Crippen molar-refractivity contribution in [3.63, 3.8) is 0 Å². The predicted octanol–water partition coefficient (Wildman–Crippen LogP) is 1.82. The third kappa shape index (κ3) is 2.70. The number of hydrogen-bond donors (Lipinski definition) is 3. The van der Waals surface area contributed by atoms with Crippen LogP contribution in [0, 0.1) is 0 Å². The van der Waals surface area contributed by atoms with Crippen molar-refractivity contribution in [2.45, 2.75) is 12.8 Å². The summed E-state index contributed by atoms with van der Waals surface area (Å²) in [6.07, 6.45) is 0.230. The SMILES string of the molecule is Nc1nn(-c2ccccc2Br)c(N)c1CCC(=O)O. The minimum Gasteiger partial charge on any atom is -0.481 e. The second-order valence-corrected chi connectivity index (χ2v) is 4.86. The Hall–Kier alpha value is -2.02. The van der Waals surface area contributed by atoms with E-state index in [-0.39, 0.29) is 18.7 Å². The summed E-state index contributed by atoms with van der Waals surface area (Å²) < 4.78 is 2.34. The minimum absolute atomic E-state index is 0.0317. The molecule has 100 valence electrons. The van der Waals surface area contributed by atoms with E-state index < -0.39 is 5.97 Å². The number of rotatable bonds is 4. The van der Waals surface area contributed by atoms with Crippen LogP contribution in [0.4, 0.5) is 11.6 Å². The number of nitrogens with zero attached hydrogens (tertiary/aromatic N) is 2. The molecule has 19 heavy (non-hydrogen) atoms. The third-order valence-corrected chi connectivity index (χ3v) is 3.39. The topological polar surface area (TPSA) is 107 Å². The summed E-state index contributed by atoms with van der Waals surface area (Å²) in [5, 5.41) is 12.9. The molecule has 6 nitrogen and oxygen atoms in total. The van der Waals surface area contributed by atoms with Crippen LogP contribution in [0.3, 0.4) is 0 Å². The Morgan fingerprint density at radius 3 is 2.68 bits per heavy atom. The number of benzene rings is 1. The number of carboxylic acid groups (broad SMARTS) is 1. The van der Waals surface area contributed by atoms with Crippen LogP contribution in [0.1, 0.15) is 12.0 Å². The lowest BCUT2D eigenvalue weighted by Crippen LogP contribution is -2.05. The van der Waals surface area contributed by atoms with Crippen LogP contribution < -0.4 is 11.5 Å². The highest BCUT2D eigenvalue weighted by atomic mass is 79.9. The molecule has 2 rings (SSSR count). The van der Waals surface area contributed by atoms with E-state index in [0.29, 0.717) is 11.4 Å². The third-order valence-electron chi connectivity index (χ3n) is 2.72. The molecule has 0 aliphatic carbocycles. The number of hydrogen-bond acceptors (Lipinski definition) is 4. The molecule has 5 N–H and O–H groups in total. The number of carbonyl (C=O) groups is 1. The number of halogens is 1. The largest absolute Gasteiger partial charge is 0.481 e. The summed E-state index contributed by atoms with van der Waals surface area (Å²) in [6, 6.07) is 7.44. The van der Waals surface area contributed by atoms with E-state index in [0.717, 1.165) is 10.2 Å². The first kappa shape index (κ1) is 13.4. The van der Waals surface area contributed by atoms with Crippen molar-refractivity contribution in [1.82, 2.24) is 9.78 Å². The number of nitrogen functional groups attached to an aromatic ring is 2. The number of aromatic nitrogens is 2. The van der Waals surface area contributed by atoms with Crippen LogP contribution in [0.5, 0.6) is 0 Å². The van der Waals surface area contributed by atoms with Gasteiger partial charge < -0.3 is 16.6 Å². The molecule has 0 atom stereocenters. The highest BCUT2D eigenvalue weighted by Gasteiger charge is 2.16. The fourth-order valence-corrected chi connectivity index (χ4v) is 2.23. The van der Waals surface area contributed by atoms with Gasteiger partial charge in [-0.25, -0.2) is 4.68 Å². The number of anilines is 2. The maximum absolute atomic E-state index is 10.6. The fraction of sp³-hybridized carbons (Fsp3) is 0.167. The maximum Gasteiger partial charge on any atom is 0.303 e. The van der Waals surface area contributed by atoms with Gasteiger partial charge in [0.15, 0.2) is 5.82 Å². The molecule has 0 aliphatic rings. The molecule has 0 saturated heterocycles. The van der Waals surface area contributed by atoms with Gasteiger partial charge in [-0.1, -0.05) is 12.1 Å². The maximum atomic E-state index is 10.6. The Morgan fingerprint density at radius 1 is 1.37 bits per heavy atom. The number of nitrogens with two attached hydrogens (primary N) is 2.